The van der Waals surface area contributed by atoms with Gasteiger partial charge in [0.15, 0.2) is 26.1 Å². The smallest absolute Gasteiger partial charge is 0.387 e. The van der Waals surface area contributed by atoms with Gasteiger partial charge in [0.1, 0.15) is 5.82 Å². The summed E-state index contributed by atoms with van der Waals surface area (Å²) < 4.78 is 62.3. The molecule has 1 aromatic heterocycles. The maximum Gasteiger partial charge on any atom is 0.387 e. The molecule has 1 aromatic carbocycles. The maximum atomic E-state index is 12.6. The first-order valence-electron chi connectivity index (χ1n) is 9.24. The zero-order valence-corrected chi connectivity index (χ0v) is 18.5. The normalized spacial score (nSPS) is 18.3. The summed E-state index contributed by atoms with van der Waals surface area (Å²) in [4.78, 5) is 1.91. The third-order valence-electron chi connectivity index (χ3n) is 4.94. The van der Waals surface area contributed by atoms with Crippen LogP contribution in [0.5, 0.6) is 11.5 Å². The molecule has 1 unspecified atom stereocenters. The molecule has 1 saturated heterocycles. The Balaban J connectivity index is 1.73. The van der Waals surface area contributed by atoms with Crippen LogP contribution in [-0.2, 0) is 30.1 Å². The molecule has 12 heteroatoms. The highest BCUT2D eigenvalue weighted by Gasteiger charge is 2.32. The quantitative estimate of drug-likeness (QED) is 0.558. The van der Waals surface area contributed by atoms with E-state index in [-0.39, 0.29) is 28.9 Å². The van der Waals surface area contributed by atoms with E-state index in [1.807, 2.05) is 11.9 Å². The summed E-state index contributed by atoms with van der Waals surface area (Å²) in [5.41, 5.74) is 0.749. The molecule has 166 valence electrons. The van der Waals surface area contributed by atoms with Crippen LogP contribution in [-0.4, -0.2) is 59.9 Å². The molecule has 0 amide bonds. The zero-order chi connectivity index (χ0) is 22.1. The molecule has 1 fully saturated rings. The number of ether oxygens (including phenoxy) is 2. The Morgan fingerprint density at radius 3 is 2.70 bits per heavy atom. The maximum absolute atomic E-state index is 12.6. The van der Waals surface area contributed by atoms with E-state index in [1.165, 1.54) is 13.2 Å². The predicted octanol–water partition coefficient (Wildman–Crippen LogP) is 2.55. The molecule has 0 N–H and O–H groups in total. The van der Waals surface area contributed by atoms with Crippen LogP contribution < -0.4 is 9.47 Å². The zero-order valence-electron chi connectivity index (χ0n) is 16.9. The van der Waals surface area contributed by atoms with Crippen molar-refractivity contribution in [2.45, 2.75) is 32.2 Å². The number of benzene rings is 1. The first-order valence-corrected chi connectivity index (χ1v) is 11.5. The van der Waals surface area contributed by atoms with Crippen molar-refractivity contribution in [1.82, 2.24) is 19.2 Å². The van der Waals surface area contributed by atoms with Crippen LogP contribution in [0.25, 0.3) is 0 Å². The van der Waals surface area contributed by atoms with Crippen LogP contribution in [0.2, 0.25) is 0 Å². The summed E-state index contributed by atoms with van der Waals surface area (Å²) in [6, 6.07) is 4.85. The van der Waals surface area contributed by atoms with Gasteiger partial charge in [0, 0.05) is 19.5 Å². The van der Waals surface area contributed by atoms with Crippen LogP contribution in [0.4, 0.5) is 8.78 Å². The molecule has 0 radical (unpaired) electrons. The van der Waals surface area contributed by atoms with Crippen molar-refractivity contribution in [3.8, 4) is 11.5 Å². The second-order valence-electron chi connectivity index (χ2n) is 7.32. The van der Waals surface area contributed by atoms with Gasteiger partial charge in [0.05, 0.1) is 25.3 Å². The number of sulfone groups is 1. The van der Waals surface area contributed by atoms with Gasteiger partial charge in [-0.25, -0.2) is 13.1 Å². The molecule has 0 saturated carbocycles. The lowest BCUT2D eigenvalue weighted by molar-refractivity contribution is -0.0512. The lowest BCUT2D eigenvalue weighted by atomic mass is 10.1. The third-order valence-corrected chi connectivity index (χ3v) is 7.20. The van der Waals surface area contributed by atoms with Gasteiger partial charge in [0.25, 0.3) is 0 Å². The average molecular weight is 463 g/mol. The summed E-state index contributed by atoms with van der Waals surface area (Å²) in [6.07, 6.45) is 0.538. The Hall–Kier alpha value is -2.05. The molecular formula is C18H24F2N4O4S2. The Morgan fingerprint density at radius 2 is 2.10 bits per heavy atom. The van der Waals surface area contributed by atoms with Gasteiger partial charge in [-0.05, 0) is 43.4 Å². The largest absolute Gasteiger partial charge is 0.493 e. The van der Waals surface area contributed by atoms with Crippen LogP contribution in [0.15, 0.2) is 18.2 Å². The monoisotopic (exact) mass is 462 g/mol. The number of nitrogens with zero attached hydrogens (tertiary/aromatic N) is 4. The van der Waals surface area contributed by atoms with Gasteiger partial charge in [-0.2, -0.15) is 13.9 Å². The highest BCUT2D eigenvalue weighted by atomic mass is 32.2. The van der Waals surface area contributed by atoms with E-state index in [9.17, 15) is 17.2 Å². The first-order chi connectivity index (χ1) is 14.1. The summed E-state index contributed by atoms with van der Waals surface area (Å²) in [6.45, 7) is -2.17. The first kappa shape index (κ1) is 22.6. The molecule has 3 rings (SSSR count). The standard InChI is InChI=1S/C18H24F2N4O4S2/c1-22(9-12-4-5-14(27-3)15(8-12)28-17(19)20)11-24-18(29)23(2)16(21-24)13-6-7-30(25,26)10-13/h4-5,8,13,17H,6-7,9-11H2,1-3H3. The van der Waals surface area contributed by atoms with Crippen LogP contribution in [0.3, 0.4) is 0 Å². The van der Waals surface area contributed by atoms with Crippen molar-refractivity contribution >= 4 is 22.1 Å². The van der Waals surface area contributed by atoms with Gasteiger partial charge in [-0.3, -0.25) is 4.90 Å². The van der Waals surface area contributed by atoms with Gasteiger partial charge in [0.2, 0.25) is 0 Å². The summed E-state index contributed by atoms with van der Waals surface area (Å²) in [7, 11) is 1.98. The summed E-state index contributed by atoms with van der Waals surface area (Å²) in [5, 5.41) is 4.55. The van der Waals surface area contributed by atoms with E-state index in [1.54, 1.807) is 28.4 Å². The fourth-order valence-corrected chi connectivity index (χ4v) is 5.48. The Bertz CT molecular complexity index is 1070. The molecule has 1 aliphatic rings. The number of hydrogen-bond donors (Lipinski definition) is 0. The SMILES string of the molecule is COc1ccc(CN(C)Cn2nc(C3CCS(=O)(=O)C3)n(C)c2=S)cc1OC(F)F. The van der Waals surface area contributed by atoms with E-state index in [4.69, 9.17) is 17.0 Å². The van der Waals surface area contributed by atoms with E-state index in [0.29, 0.717) is 30.2 Å². The summed E-state index contributed by atoms with van der Waals surface area (Å²) >= 11 is 5.46. The Kier molecular flexibility index (Phi) is 6.78. The highest BCUT2D eigenvalue weighted by Crippen LogP contribution is 2.30. The summed E-state index contributed by atoms with van der Waals surface area (Å²) in [5.74, 6) is 0.941. The van der Waals surface area contributed by atoms with Gasteiger partial charge in [-0.15, -0.1) is 0 Å². The fourth-order valence-electron chi connectivity index (χ4n) is 3.55. The molecule has 8 nitrogen and oxygen atoms in total. The second-order valence-corrected chi connectivity index (χ2v) is 9.91. The van der Waals surface area contributed by atoms with Gasteiger partial charge >= 0.3 is 6.61 Å². The predicted molar refractivity (Wildman–Crippen MR) is 109 cm³/mol. The van der Waals surface area contributed by atoms with Gasteiger partial charge < -0.3 is 14.0 Å². The minimum Gasteiger partial charge on any atom is -0.493 e. The number of halogens is 2. The molecule has 1 atom stereocenters. The van der Waals surface area contributed by atoms with Crippen LogP contribution in [0.1, 0.15) is 23.7 Å². The number of aromatic nitrogens is 3. The highest BCUT2D eigenvalue weighted by molar-refractivity contribution is 7.91. The Labute approximate surface area is 178 Å². The van der Waals surface area contributed by atoms with Crippen molar-refractivity contribution in [1.29, 1.82) is 0 Å². The van der Waals surface area contributed by atoms with Gasteiger partial charge in [-0.1, -0.05) is 6.07 Å². The minimum atomic E-state index is -3.03. The van der Waals surface area contributed by atoms with Crippen molar-refractivity contribution < 1.29 is 26.7 Å². The topological polar surface area (TPSA) is 78.6 Å². The van der Waals surface area contributed by atoms with Crippen molar-refractivity contribution in [3.63, 3.8) is 0 Å². The third kappa shape index (κ3) is 5.16. The van der Waals surface area contributed by atoms with Crippen LogP contribution in [0, 0.1) is 4.77 Å². The molecule has 2 aromatic rings. The van der Waals surface area contributed by atoms with Crippen LogP contribution >= 0.6 is 12.2 Å². The molecule has 30 heavy (non-hydrogen) atoms. The second kappa shape index (κ2) is 8.98. The minimum absolute atomic E-state index is 0.0300. The van der Waals surface area contributed by atoms with E-state index < -0.39 is 16.4 Å². The number of methoxy groups -OCH3 is 1. The lowest BCUT2D eigenvalue weighted by Crippen LogP contribution is -2.22. The molecule has 0 aliphatic carbocycles. The molecule has 0 bridgehead atoms. The number of alkyl halides is 2. The van der Waals surface area contributed by atoms with E-state index in [2.05, 4.69) is 9.84 Å². The number of hydrogen-bond acceptors (Lipinski definition) is 7. The van der Waals surface area contributed by atoms with Crippen molar-refractivity contribution in [2.24, 2.45) is 7.05 Å². The molecule has 0 spiro atoms. The Morgan fingerprint density at radius 1 is 1.37 bits per heavy atom. The van der Waals surface area contributed by atoms with Crippen molar-refractivity contribution in [3.05, 3.63) is 34.4 Å². The fraction of sp³-hybridized carbons (Fsp3) is 0.556. The molecule has 1 aliphatic heterocycles. The molecule has 2 heterocycles. The molecular weight excluding hydrogens is 438 g/mol. The van der Waals surface area contributed by atoms with Crippen molar-refractivity contribution in [2.75, 3.05) is 25.7 Å². The lowest BCUT2D eigenvalue weighted by Gasteiger charge is -2.18. The average Bonchev–Trinajstić information content (AvgIpc) is 3.15. The number of rotatable bonds is 8. The van der Waals surface area contributed by atoms with E-state index >= 15 is 0 Å². The van der Waals surface area contributed by atoms with E-state index in [0.717, 1.165) is 5.56 Å².